The van der Waals surface area contributed by atoms with Crippen LogP contribution in [0.4, 0.5) is 10.2 Å². The van der Waals surface area contributed by atoms with E-state index >= 15 is 4.39 Å². The van der Waals surface area contributed by atoms with E-state index in [9.17, 15) is 8.42 Å². The van der Waals surface area contributed by atoms with Gasteiger partial charge in [-0.15, -0.1) is 0 Å². The molecule has 9 rings (SSSR count). The van der Waals surface area contributed by atoms with E-state index in [0.717, 1.165) is 32.8 Å². The number of hydrogen-bond acceptors (Lipinski definition) is 7. The first-order chi connectivity index (χ1) is 26.7. The highest BCUT2D eigenvalue weighted by Gasteiger charge is 2.58. The highest BCUT2D eigenvalue weighted by atomic mass is 35.5. The van der Waals surface area contributed by atoms with Gasteiger partial charge < -0.3 is 9.50 Å². The van der Waals surface area contributed by atoms with Crippen LogP contribution in [0.2, 0.25) is 5.02 Å². The van der Waals surface area contributed by atoms with E-state index < -0.39 is 26.1 Å². The predicted molar refractivity (Wildman–Crippen MR) is 224 cm³/mol. The fourth-order valence-corrected chi connectivity index (χ4v) is 14.3. The van der Waals surface area contributed by atoms with Crippen LogP contribution < -0.4 is 5.32 Å². The van der Waals surface area contributed by atoms with Crippen LogP contribution in [0.1, 0.15) is 53.0 Å². The van der Waals surface area contributed by atoms with Crippen molar-refractivity contribution in [2.24, 2.45) is 23.2 Å². The molecule has 4 atom stereocenters. The molecule has 0 spiro atoms. The second kappa shape index (κ2) is 14.6. The largest absolute Gasteiger partial charge is 0.364 e. The SMILES string of the molecule is CC1(C)[C@H]2C[C@H](COS(c3ccccc3)(c3ccccc3)C(C)(C)C)[C@@H](Nc3nc(-c4cn(S(=O)(=O)Cc5ccccc5)c5ncc(Cl)cc45)ncc3F)[C@@H]1C2. The highest BCUT2D eigenvalue weighted by Crippen LogP contribution is 2.72. The molecule has 0 unspecified atom stereocenters. The molecule has 3 heterocycles. The summed E-state index contributed by atoms with van der Waals surface area (Å²) >= 11 is 6.40. The number of aromatic nitrogens is 4. The number of pyridine rings is 1. The van der Waals surface area contributed by atoms with E-state index in [1.165, 1.54) is 12.4 Å². The summed E-state index contributed by atoms with van der Waals surface area (Å²) in [5, 5.41) is 4.34. The molecule has 3 aliphatic rings. The molecule has 6 aromatic rings. The molecular weight excluding hydrogens is 765 g/mol. The van der Waals surface area contributed by atoms with Crippen molar-refractivity contribution in [2.75, 3.05) is 11.9 Å². The van der Waals surface area contributed by atoms with Gasteiger partial charge in [-0.3, -0.25) is 0 Å². The number of halogens is 2. The van der Waals surface area contributed by atoms with Gasteiger partial charge in [-0.2, -0.15) is 0 Å². The Morgan fingerprint density at radius 3 is 2.14 bits per heavy atom. The van der Waals surface area contributed by atoms with Gasteiger partial charge >= 0.3 is 0 Å². The van der Waals surface area contributed by atoms with Crippen molar-refractivity contribution in [3.05, 3.63) is 132 Å². The molecule has 3 saturated carbocycles. The first kappa shape index (κ1) is 38.6. The summed E-state index contributed by atoms with van der Waals surface area (Å²) in [7, 11) is -5.92. The summed E-state index contributed by atoms with van der Waals surface area (Å²) < 4.78 is 51.9. The Morgan fingerprint density at radius 1 is 0.911 bits per heavy atom. The zero-order valence-electron chi connectivity index (χ0n) is 32.2. The maximum atomic E-state index is 15.9. The molecular formula is C44H47ClFN5O3S2. The highest BCUT2D eigenvalue weighted by molar-refractivity contribution is 8.31. The summed E-state index contributed by atoms with van der Waals surface area (Å²) in [5.41, 5.74) is 1.26. The molecule has 292 valence electrons. The number of nitrogens with zero attached hydrogens (tertiary/aromatic N) is 4. The second-order valence-electron chi connectivity index (χ2n) is 16.6. The number of benzene rings is 3. The fraction of sp³-hybridized carbons (Fsp3) is 0.341. The molecule has 3 fully saturated rings. The molecule has 3 aliphatic carbocycles. The average molecular weight is 812 g/mol. The Kier molecular flexibility index (Phi) is 10.0. The van der Waals surface area contributed by atoms with Gasteiger partial charge in [0.25, 0.3) is 0 Å². The third-order valence-corrected chi connectivity index (χ3v) is 17.8. The lowest BCUT2D eigenvalue weighted by Crippen LogP contribution is -2.61. The normalized spacial score (nSPS) is 21.1. The maximum Gasteiger partial charge on any atom is 0.244 e. The molecule has 56 heavy (non-hydrogen) atoms. The van der Waals surface area contributed by atoms with E-state index in [0.29, 0.717) is 34.1 Å². The minimum Gasteiger partial charge on any atom is -0.364 e. The summed E-state index contributed by atoms with van der Waals surface area (Å²) in [5.74, 6) is 0.248. The first-order valence-electron chi connectivity index (χ1n) is 19.0. The van der Waals surface area contributed by atoms with Crippen LogP contribution in [0.3, 0.4) is 0 Å². The third kappa shape index (κ3) is 6.80. The molecule has 8 nitrogen and oxygen atoms in total. The van der Waals surface area contributed by atoms with Crippen molar-refractivity contribution < 1.29 is 17.0 Å². The van der Waals surface area contributed by atoms with Crippen molar-refractivity contribution >= 4 is 48.8 Å². The Hall–Kier alpha value is -4.29. The minimum atomic E-state index is -3.92. The van der Waals surface area contributed by atoms with E-state index in [4.69, 9.17) is 20.8 Å². The smallest absolute Gasteiger partial charge is 0.244 e. The number of anilines is 1. The standard InChI is InChI=1S/C44H47ClFN5O3S2/c1-43(2,3)56(33-17-11-7-12-18-33,34-19-13-8-14-20-34)54-27-30-21-31-22-37(44(31,4)5)39(30)49-41-38(46)25-47-40(50-41)36-26-51(42-35(36)23-32(45)24-48-42)55(52,53)28-29-15-9-6-10-16-29/h6-20,23-26,30-31,37,39H,21-22,27-28H2,1-5H3,(H,47,49,50)/t30-,31+,37+,39-/m1/s1. The van der Waals surface area contributed by atoms with Crippen LogP contribution >= 0.6 is 21.9 Å². The summed E-state index contributed by atoms with van der Waals surface area (Å²) in [4.78, 5) is 15.9. The molecule has 0 amide bonds. The van der Waals surface area contributed by atoms with Gasteiger partial charge in [-0.05, 0) is 86.8 Å². The summed E-state index contributed by atoms with van der Waals surface area (Å²) in [6, 6.07) is 31.5. The number of hydrogen-bond donors (Lipinski definition) is 1. The maximum absolute atomic E-state index is 15.9. The first-order valence-corrected chi connectivity index (χ1v) is 22.5. The average Bonchev–Trinajstić information content (AvgIpc) is 3.56. The van der Waals surface area contributed by atoms with Crippen LogP contribution in [0.25, 0.3) is 22.4 Å². The van der Waals surface area contributed by atoms with Gasteiger partial charge in [0.05, 0.1) is 23.6 Å². The lowest BCUT2D eigenvalue weighted by Gasteiger charge is -2.63. The van der Waals surface area contributed by atoms with Gasteiger partial charge in [0.2, 0.25) is 10.0 Å². The van der Waals surface area contributed by atoms with Gasteiger partial charge in [0.15, 0.2) is 23.1 Å². The number of rotatable bonds is 11. The molecule has 12 heteroatoms. The van der Waals surface area contributed by atoms with Gasteiger partial charge in [0, 0.05) is 49.8 Å². The quantitative estimate of drug-likeness (QED) is 0.139. The van der Waals surface area contributed by atoms with Crippen molar-refractivity contribution in [1.29, 1.82) is 0 Å². The van der Waals surface area contributed by atoms with Crippen LogP contribution in [0.5, 0.6) is 0 Å². The van der Waals surface area contributed by atoms with E-state index in [2.05, 4.69) is 98.4 Å². The number of fused-ring (bicyclic) bond motifs is 3. The molecule has 0 aliphatic heterocycles. The van der Waals surface area contributed by atoms with Gasteiger partial charge in [-0.25, -0.2) is 31.7 Å². The molecule has 3 aromatic heterocycles. The summed E-state index contributed by atoms with van der Waals surface area (Å²) in [6.07, 6.45) is 5.98. The lowest BCUT2D eigenvalue weighted by molar-refractivity contribution is -0.105. The molecule has 0 radical (unpaired) electrons. The monoisotopic (exact) mass is 811 g/mol. The Bertz CT molecular complexity index is 2440. The molecule has 0 saturated heterocycles. The zero-order valence-corrected chi connectivity index (χ0v) is 34.6. The van der Waals surface area contributed by atoms with E-state index in [1.54, 1.807) is 30.3 Å². The van der Waals surface area contributed by atoms with E-state index in [-0.39, 0.29) is 51.1 Å². The second-order valence-corrected chi connectivity index (χ2v) is 22.4. The van der Waals surface area contributed by atoms with Crippen LogP contribution in [0.15, 0.2) is 125 Å². The molecule has 1 N–H and O–H groups in total. The van der Waals surface area contributed by atoms with Crippen molar-refractivity contribution in [2.45, 2.75) is 73.8 Å². The minimum absolute atomic E-state index is 0.0519. The summed E-state index contributed by atoms with van der Waals surface area (Å²) in [6.45, 7) is 11.9. The van der Waals surface area contributed by atoms with Crippen molar-refractivity contribution in [3.8, 4) is 11.4 Å². The molecule has 3 aromatic carbocycles. The molecule has 2 bridgehead atoms. The number of nitrogens with one attached hydrogen (secondary N) is 1. The van der Waals surface area contributed by atoms with Crippen molar-refractivity contribution in [3.63, 3.8) is 0 Å². The fourth-order valence-electron chi connectivity index (χ4n) is 8.92. The predicted octanol–water partition coefficient (Wildman–Crippen LogP) is 10.8. The van der Waals surface area contributed by atoms with Crippen molar-refractivity contribution in [1.82, 2.24) is 18.9 Å². The lowest BCUT2D eigenvalue weighted by atomic mass is 9.45. The van der Waals surface area contributed by atoms with Gasteiger partial charge in [0.1, 0.15) is 0 Å². The van der Waals surface area contributed by atoms with Crippen LogP contribution in [0, 0.1) is 29.0 Å². The van der Waals surface area contributed by atoms with Gasteiger partial charge in [-0.1, -0.05) is 102 Å². The third-order valence-electron chi connectivity index (χ3n) is 11.9. The Labute approximate surface area is 335 Å². The van der Waals surface area contributed by atoms with Crippen LogP contribution in [-0.2, 0) is 20.0 Å². The Balaban J connectivity index is 1.15. The topological polar surface area (TPSA) is 99.0 Å². The van der Waals surface area contributed by atoms with Crippen LogP contribution in [-0.4, -0.2) is 44.7 Å². The van der Waals surface area contributed by atoms with E-state index in [1.807, 2.05) is 18.2 Å². The zero-order chi connectivity index (χ0) is 39.5. The Morgan fingerprint density at radius 2 is 1.54 bits per heavy atom.